The van der Waals surface area contributed by atoms with E-state index in [0.717, 1.165) is 11.3 Å². The molecule has 0 amide bonds. The summed E-state index contributed by atoms with van der Waals surface area (Å²) in [5.74, 6) is 0.723. The number of hydrogen-bond donors (Lipinski definition) is 1. The molecule has 2 rings (SSSR count). The number of benzene rings is 1. The minimum atomic E-state index is -0.275. The van der Waals surface area contributed by atoms with E-state index in [9.17, 15) is 0 Å². The Balaban J connectivity index is 2.04. The lowest BCUT2D eigenvalue weighted by Gasteiger charge is -2.11. The van der Waals surface area contributed by atoms with Gasteiger partial charge in [-0.05, 0) is 12.1 Å². The molecule has 1 saturated heterocycles. The van der Waals surface area contributed by atoms with Crippen molar-refractivity contribution >= 4 is 0 Å². The summed E-state index contributed by atoms with van der Waals surface area (Å²) >= 11 is 0. The molecule has 4 heteroatoms. The van der Waals surface area contributed by atoms with Gasteiger partial charge in [0.1, 0.15) is 12.4 Å². The van der Waals surface area contributed by atoms with Crippen LogP contribution in [0.3, 0.4) is 0 Å². The summed E-state index contributed by atoms with van der Waals surface area (Å²) in [4.78, 5) is 0. The summed E-state index contributed by atoms with van der Waals surface area (Å²) in [6, 6.07) is 7.52. The van der Waals surface area contributed by atoms with Crippen molar-refractivity contribution in [1.29, 1.82) is 0 Å². The third kappa shape index (κ3) is 2.68. The van der Waals surface area contributed by atoms with Gasteiger partial charge in [-0.15, -0.1) is 0 Å². The molecule has 0 spiro atoms. The van der Waals surface area contributed by atoms with Crippen molar-refractivity contribution in [2.24, 2.45) is 0 Å². The third-order valence-electron chi connectivity index (χ3n) is 2.11. The van der Waals surface area contributed by atoms with Crippen LogP contribution in [0.15, 0.2) is 24.3 Å². The summed E-state index contributed by atoms with van der Waals surface area (Å²) in [6.45, 7) is 1.58. The van der Waals surface area contributed by atoms with Crippen LogP contribution in [0.2, 0.25) is 0 Å². The first-order valence-corrected chi connectivity index (χ1v) is 4.97. The van der Waals surface area contributed by atoms with Gasteiger partial charge in [-0.2, -0.15) is 0 Å². The molecule has 1 N–H and O–H groups in total. The number of hydrogen-bond acceptors (Lipinski definition) is 4. The maximum Gasteiger partial charge on any atom is 0.184 e. The Labute approximate surface area is 88.4 Å². The van der Waals surface area contributed by atoms with Crippen molar-refractivity contribution < 1.29 is 19.3 Å². The molecule has 1 aliphatic heterocycles. The first-order chi connectivity index (χ1) is 7.40. The zero-order chi connectivity index (χ0) is 10.5. The summed E-state index contributed by atoms with van der Waals surface area (Å²) in [5.41, 5.74) is 0.947. The van der Waals surface area contributed by atoms with E-state index in [-0.39, 0.29) is 12.9 Å². The van der Waals surface area contributed by atoms with E-state index in [1.54, 1.807) is 0 Å². The molecule has 0 saturated carbocycles. The van der Waals surface area contributed by atoms with Crippen molar-refractivity contribution in [2.45, 2.75) is 6.29 Å². The van der Waals surface area contributed by atoms with Crippen LogP contribution < -0.4 is 4.74 Å². The van der Waals surface area contributed by atoms with E-state index in [0.29, 0.717) is 19.8 Å². The van der Waals surface area contributed by atoms with Crippen LogP contribution in [0.5, 0.6) is 5.75 Å². The van der Waals surface area contributed by atoms with Crippen LogP contribution in [0, 0.1) is 0 Å². The number of aliphatic hydroxyl groups excluding tert-OH is 1. The molecule has 15 heavy (non-hydrogen) atoms. The zero-order valence-corrected chi connectivity index (χ0v) is 8.39. The fourth-order valence-corrected chi connectivity index (χ4v) is 1.47. The highest BCUT2D eigenvalue weighted by molar-refractivity contribution is 5.29. The van der Waals surface area contributed by atoms with Crippen molar-refractivity contribution in [1.82, 2.24) is 0 Å². The molecule has 1 aromatic carbocycles. The second-order valence-electron chi connectivity index (χ2n) is 3.22. The topological polar surface area (TPSA) is 47.9 Å². The molecule has 0 unspecified atom stereocenters. The fourth-order valence-electron chi connectivity index (χ4n) is 1.47. The molecular formula is C11H14O4. The maximum atomic E-state index is 8.63. The Morgan fingerprint density at radius 3 is 2.87 bits per heavy atom. The van der Waals surface area contributed by atoms with Gasteiger partial charge in [0.25, 0.3) is 0 Å². The summed E-state index contributed by atoms with van der Waals surface area (Å²) in [6.07, 6.45) is -0.275. The van der Waals surface area contributed by atoms with Gasteiger partial charge < -0.3 is 19.3 Å². The SMILES string of the molecule is OCCOc1cccc(C2OCCO2)c1. The van der Waals surface area contributed by atoms with E-state index >= 15 is 0 Å². The average molecular weight is 210 g/mol. The predicted octanol–water partition coefficient (Wildman–Crippen LogP) is 1.10. The van der Waals surface area contributed by atoms with Gasteiger partial charge in [0.05, 0.1) is 19.8 Å². The van der Waals surface area contributed by atoms with E-state index in [4.69, 9.17) is 19.3 Å². The van der Waals surface area contributed by atoms with Gasteiger partial charge >= 0.3 is 0 Å². The molecule has 0 atom stereocenters. The van der Waals surface area contributed by atoms with E-state index in [1.165, 1.54) is 0 Å². The standard InChI is InChI=1S/C11H14O4/c12-4-5-13-10-3-1-2-9(8-10)11-14-6-7-15-11/h1-3,8,11-12H,4-7H2. The van der Waals surface area contributed by atoms with Crippen molar-refractivity contribution in [2.75, 3.05) is 26.4 Å². The number of ether oxygens (including phenoxy) is 3. The summed E-state index contributed by atoms with van der Waals surface area (Å²) < 4.78 is 16.0. The lowest BCUT2D eigenvalue weighted by molar-refractivity contribution is -0.0442. The smallest absolute Gasteiger partial charge is 0.184 e. The van der Waals surface area contributed by atoms with Crippen LogP contribution in [0.1, 0.15) is 11.9 Å². The molecule has 1 heterocycles. The molecule has 0 aliphatic carbocycles. The minimum absolute atomic E-state index is 0.0145. The van der Waals surface area contributed by atoms with Crippen LogP contribution in [0.4, 0.5) is 0 Å². The Morgan fingerprint density at radius 1 is 1.33 bits per heavy atom. The fraction of sp³-hybridized carbons (Fsp3) is 0.455. The Hall–Kier alpha value is -1.10. The third-order valence-corrected chi connectivity index (χ3v) is 2.11. The van der Waals surface area contributed by atoms with Crippen LogP contribution in [-0.2, 0) is 9.47 Å². The lowest BCUT2D eigenvalue weighted by atomic mass is 10.2. The molecule has 1 aromatic rings. The van der Waals surface area contributed by atoms with Gasteiger partial charge in [-0.1, -0.05) is 12.1 Å². The van der Waals surface area contributed by atoms with Gasteiger partial charge in [0.2, 0.25) is 0 Å². The van der Waals surface area contributed by atoms with Gasteiger partial charge in [0, 0.05) is 5.56 Å². The summed E-state index contributed by atoms with van der Waals surface area (Å²) in [5, 5.41) is 8.63. The molecular weight excluding hydrogens is 196 g/mol. The van der Waals surface area contributed by atoms with E-state index < -0.39 is 0 Å². The quantitative estimate of drug-likeness (QED) is 0.808. The second kappa shape index (κ2) is 5.11. The van der Waals surface area contributed by atoms with Crippen molar-refractivity contribution in [3.63, 3.8) is 0 Å². The van der Waals surface area contributed by atoms with Crippen molar-refractivity contribution in [3.05, 3.63) is 29.8 Å². The zero-order valence-electron chi connectivity index (χ0n) is 8.39. The average Bonchev–Trinajstić information content (AvgIpc) is 2.80. The molecule has 82 valence electrons. The lowest BCUT2D eigenvalue weighted by Crippen LogP contribution is -2.03. The molecule has 0 bridgehead atoms. The molecule has 4 nitrogen and oxygen atoms in total. The first kappa shape index (κ1) is 10.4. The maximum absolute atomic E-state index is 8.63. The normalized spacial score (nSPS) is 16.9. The highest BCUT2D eigenvalue weighted by Crippen LogP contribution is 2.25. The van der Waals surface area contributed by atoms with Gasteiger partial charge in [0.15, 0.2) is 6.29 Å². The number of rotatable bonds is 4. The second-order valence-corrected chi connectivity index (χ2v) is 3.22. The molecule has 1 fully saturated rings. The predicted molar refractivity (Wildman–Crippen MR) is 53.7 cm³/mol. The Bertz CT molecular complexity index is 307. The van der Waals surface area contributed by atoms with Crippen molar-refractivity contribution in [3.8, 4) is 5.75 Å². The molecule has 0 radical (unpaired) electrons. The van der Waals surface area contributed by atoms with E-state index in [2.05, 4.69) is 0 Å². The van der Waals surface area contributed by atoms with Gasteiger partial charge in [-0.25, -0.2) is 0 Å². The Morgan fingerprint density at radius 2 is 2.13 bits per heavy atom. The van der Waals surface area contributed by atoms with Gasteiger partial charge in [-0.3, -0.25) is 0 Å². The Kier molecular flexibility index (Phi) is 3.55. The van der Waals surface area contributed by atoms with Crippen LogP contribution >= 0.6 is 0 Å². The van der Waals surface area contributed by atoms with E-state index in [1.807, 2.05) is 24.3 Å². The highest BCUT2D eigenvalue weighted by Gasteiger charge is 2.18. The highest BCUT2D eigenvalue weighted by atomic mass is 16.7. The molecule has 1 aliphatic rings. The number of aliphatic hydroxyl groups is 1. The first-order valence-electron chi connectivity index (χ1n) is 4.97. The largest absolute Gasteiger partial charge is 0.491 e. The van der Waals surface area contributed by atoms with Crippen LogP contribution in [0.25, 0.3) is 0 Å². The van der Waals surface area contributed by atoms with Crippen LogP contribution in [-0.4, -0.2) is 31.5 Å². The molecule has 0 aromatic heterocycles. The summed E-state index contributed by atoms with van der Waals surface area (Å²) in [7, 11) is 0. The monoisotopic (exact) mass is 210 g/mol. The minimum Gasteiger partial charge on any atom is -0.491 e.